The molecule has 0 saturated heterocycles. The summed E-state index contributed by atoms with van der Waals surface area (Å²) < 4.78 is 26.8. The zero-order chi connectivity index (χ0) is 16.2. The third-order valence-electron chi connectivity index (χ3n) is 2.87. The van der Waals surface area contributed by atoms with Crippen molar-refractivity contribution < 1.29 is 23.4 Å². The summed E-state index contributed by atoms with van der Waals surface area (Å²) in [5.41, 5.74) is -0.446. The molecule has 0 bridgehead atoms. The number of nitrogens with one attached hydrogen (secondary N) is 1. The monoisotopic (exact) mass is 316 g/mol. The molecule has 0 aliphatic carbocycles. The van der Waals surface area contributed by atoms with Crippen molar-refractivity contribution in [1.82, 2.24) is 9.62 Å². The standard InChI is InChI=1S/C13H20N2O5S/c1-9(6-7-15(2)3)14-21(19,20)10-4-5-12(16)11(8-10)13(17)18/h4-5,8-9,14,16H,6-7H2,1-3H3,(H,17,18). The first-order chi connectivity index (χ1) is 9.63. The van der Waals surface area contributed by atoms with Crippen LogP contribution in [-0.4, -0.2) is 56.2 Å². The summed E-state index contributed by atoms with van der Waals surface area (Å²) >= 11 is 0. The second-order valence-corrected chi connectivity index (χ2v) is 6.81. The van der Waals surface area contributed by atoms with E-state index in [1.54, 1.807) is 6.92 Å². The fourth-order valence-electron chi connectivity index (χ4n) is 1.70. The maximum Gasteiger partial charge on any atom is 0.339 e. The van der Waals surface area contributed by atoms with Crippen molar-refractivity contribution in [2.75, 3.05) is 20.6 Å². The highest BCUT2D eigenvalue weighted by Gasteiger charge is 2.20. The second-order valence-electron chi connectivity index (χ2n) is 5.10. The summed E-state index contributed by atoms with van der Waals surface area (Å²) in [5.74, 6) is -1.85. The molecule has 118 valence electrons. The Hall–Kier alpha value is -1.64. The van der Waals surface area contributed by atoms with Crippen LogP contribution in [0.5, 0.6) is 5.75 Å². The number of hydrogen-bond acceptors (Lipinski definition) is 5. The smallest absolute Gasteiger partial charge is 0.339 e. The van der Waals surface area contributed by atoms with Gasteiger partial charge in [-0.3, -0.25) is 0 Å². The first-order valence-corrected chi connectivity index (χ1v) is 7.85. The zero-order valence-electron chi connectivity index (χ0n) is 12.2. The summed E-state index contributed by atoms with van der Waals surface area (Å²) in [4.78, 5) is 12.7. The second kappa shape index (κ2) is 6.88. The lowest BCUT2D eigenvalue weighted by atomic mass is 10.2. The van der Waals surface area contributed by atoms with Crippen molar-refractivity contribution in [2.24, 2.45) is 0 Å². The van der Waals surface area contributed by atoms with Crippen molar-refractivity contribution in [3.8, 4) is 5.75 Å². The maximum atomic E-state index is 12.2. The Labute approximate surface area is 124 Å². The van der Waals surface area contributed by atoms with Gasteiger partial charge < -0.3 is 15.1 Å². The van der Waals surface area contributed by atoms with Gasteiger partial charge in [-0.1, -0.05) is 0 Å². The molecule has 7 nitrogen and oxygen atoms in total. The molecule has 8 heteroatoms. The molecule has 3 N–H and O–H groups in total. The molecule has 0 aromatic heterocycles. The van der Waals surface area contributed by atoms with Gasteiger partial charge in [0.1, 0.15) is 11.3 Å². The molecular formula is C13H20N2O5S. The Morgan fingerprint density at radius 3 is 2.52 bits per heavy atom. The molecule has 0 spiro atoms. The number of carboxylic acids is 1. The molecule has 0 radical (unpaired) electrons. The number of carboxylic acid groups (broad SMARTS) is 1. The van der Waals surface area contributed by atoms with Crippen LogP contribution < -0.4 is 4.72 Å². The number of nitrogens with zero attached hydrogens (tertiary/aromatic N) is 1. The van der Waals surface area contributed by atoms with Crippen LogP contribution in [0.25, 0.3) is 0 Å². The molecule has 1 atom stereocenters. The molecule has 0 aliphatic heterocycles. The van der Waals surface area contributed by atoms with Crippen LogP contribution in [-0.2, 0) is 10.0 Å². The highest BCUT2D eigenvalue weighted by molar-refractivity contribution is 7.89. The molecule has 0 fully saturated rings. The molecular weight excluding hydrogens is 296 g/mol. The van der Waals surface area contributed by atoms with E-state index in [1.165, 1.54) is 6.07 Å². The molecule has 0 saturated carbocycles. The van der Waals surface area contributed by atoms with Gasteiger partial charge in [-0.2, -0.15) is 0 Å². The van der Waals surface area contributed by atoms with Crippen LogP contribution in [0.2, 0.25) is 0 Å². The van der Waals surface area contributed by atoms with E-state index in [-0.39, 0.29) is 10.9 Å². The van der Waals surface area contributed by atoms with Gasteiger partial charge in [0.05, 0.1) is 4.90 Å². The largest absolute Gasteiger partial charge is 0.507 e. The summed E-state index contributed by atoms with van der Waals surface area (Å²) in [6, 6.07) is 2.88. The van der Waals surface area contributed by atoms with E-state index in [4.69, 9.17) is 5.11 Å². The first kappa shape index (κ1) is 17.4. The SMILES string of the molecule is CC(CCN(C)C)NS(=O)(=O)c1ccc(O)c(C(=O)O)c1. The Morgan fingerprint density at radius 1 is 1.38 bits per heavy atom. The van der Waals surface area contributed by atoms with Gasteiger partial charge in [-0.25, -0.2) is 17.9 Å². The predicted octanol–water partition coefficient (Wildman–Crippen LogP) is 0.709. The Balaban J connectivity index is 2.93. The van der Waals surface area contributed by atoms with Crippen molar-refractivity contribution in [2.45, 2.75) is 24.3 Å². The topological polar surface area (TPSA) is 107 Å². The number of phenols is 1. The lowest BCUT2D eigenvalue weighted by molar-refractivity contribution is 0.0693. The average molecular weight is 316 g/mol. The maximum absolute atomic E-state index is 12.2. The zero-order valence-corrected chi connectivity index (χ0v) is 13.0. The normalized spacial score (nSPS) is 13.3. The van der Waals surface area contributed by atoms with Crippen molar-refractivity contribution in [3.63, 3.8) is 0 Å². The number of carbonyl (C=O) groups is 1. The molecule has 1 aromatic carbocycles. The first-order valence-electron chi connectivity index (χ1n) is 6.37. The summed E-state index contributed by atoms with van der Waals surface area (Å²) in [5, 5.41) is 18.3. The number of benzene rings is 1. The van der Waals surface area contributed by atoms with Crippen LogP contribution in [0.4, 0.5) is 0 Å². The van der Waals surface area contributed by atoms with Gasteiger partial charge in [0.25, 0.3) is 0 Å². The highest BCUT2D eigenvalue weighted by atomic mass is 32.2. The molecule has 0 aliphatic rings. The Kier molecular flexibility index (Phi) is 5.70. The Bertz CT molecular complexity index is 613. The van der Waals surface area contributed by atoms with E-state index in [0.29, 0.717) is 6.42 Å². The van der Waals surface area contributed by atoms with Crippen LogP contribution >= 0.6 is 0 Å². The van der Waals surface area contributed by atoms with Crippen molar-refractivity contribution in [1.29, 1.82) is 0 Å². The van der Waals surface area contributed by atoms with Gasteiger partial charge in [-0.15, -0.1) is 0 Å². The number of hydrogen-bond donors (Lipinski definition) is 3. The van der Waals surface area contributed by atoms with Gasteiger partial charge in [0.2, 0.25) is 10.0 Å². The number of sulfonamides is 1. The third-order valence-corrected chi connectivity index (χ3v) is 4.46. The molecule has 1 aromatic rings. The van der Waals surface area contributed by atoms with Crippen LogP contribution in [0.15, 0.2) is 23.1 Å². The minimum absolute atomic E-state index is 0.186. The lowest BCUT2D eigenvalue weighted by Crippen LogP contribution is -2.34. The fraction of sp³-hybridized carbons (Fsp3) is 0.462. The average Bonchev–Trinajstić information content (AvgIpc) is 2.35. The van der Waals surface area contributed by atoms with Crippen LogP contribution in [0, 0.1) is 0 Å². The van der Waals surface area contributed by atoms with E-state index in [9.17, 15) is 18.3 Å². The van der Waals surface area contributed by atoms with E-state index < -0.39 is 27.3 Å². The lowest BCUT2D eigenvalue weighted by Gasteiger charge is -2.17. The summed E-state index contributed by atoms with van der Waals surface area (Å²) in [6.07, 6.45) is 0.621. The molecule has 1 rings (SSSR count). The van der Waals surface area contributed by atoms with E-state index >= 15 is 0 Å². The van der Waals surface area contributed by atoms with E-state index in [1.807, 2.05) is 19.0 Å². The Morgan fingerprint density at radius 2 is 2.00 bits per heavy atom. The minimum Gasteiger partial charge on any atom is -0.507 e. The number of rotatable bonds is 7. The van der Waals surface area contributed by atoms with E-state index in [0.717, 1.165) is 18.7 Å². The van der Waals surface area contributed by atoms with Crippen molar-refractivity contribution in [3.05, 3.63) is 23.8 Å². The fourth-order valence-corrected chi connectivity index (χ4v) is 3.00. The van der Waals surface area contributed by atoms with Crippen molar-refractivity contribution >= 4 is 16.0 Å². The minimum atomic E-state index is -3.82. The summed E-state index contributed by atoms with van der Waals surface area (Å²) in [6.45, 7) is 2.46. The predicted molar refractivity (Wildman–Crippen MR) is 78.0 cm³/mol. The number of aromatic carboxylic acids is 1. The molecule has 1 unspecified atom stereocenters. The molecule has 21 heavy (non-hydrogen) atoms. The van der Waals surface area contributed by atoms with Crippen LogP contribution in [0.1, 0.15) is 23.7 Å². The third kappa shape index (κ3) is 5.00. The van der Waals surface area contributed by atoms with Gasteiger partial charge >= 0.3 is 5.97 Å². The quantitative estimate of drug-likeness (QED) is 0.684. The molecule has 0 heterocycles. The summed E-state index contributed by atoms with van der Waals surface area (Å²) in [7, 11) is -0.0447. The van der Waals surface area contributed by atoms with Gasteiger partial charge in [0, 0.05) is 6.04 Å². The van der Waals surface area contributed by atoms with E-state index in [2.05, 4.69) is 4.72 Å². The highest BCUT2D eigenvalue weighted by Crippen LogP contribution is 2.21. The van der Waals surface area contributed by atoms with Gasteiger partial charge in [0.15, 0.2) is 0 Å². The number of aromatic hydroxyl groups is 1. The molecule has 0 amide bonds. The van der Waals surface area contributed by atoms with Crippen LogP contribution in [0.3, 0.4) is 0 Å². The van der Waals surface area contributed by atoms with Gasteiger partial charge in [-0.05, 0) is 52.2 Å².